The topological polar surface area (TPSA) is 73.9 Å². The van der Waals surface area contributed by atoms with E-state index in [0.717, 1.165) is 37.6 Å². The molecule has 1 aromatic heterocycles. The van der Waals surface area contributed by atoms with Crippen LogP contribution in [0.1, 0.15) is 64.0 Å². The molecule has 0 unspecified atom stereocenters. The second kappa shape index (κ2) is 5.89. The molecule has 0 radical (unpaired) electrons. The molecule has 122 valence electrons. The van der Waals surface area contributed by atoms with Crippen molar-refractivity contribution >= 4 is 6.03 Å². The molecule has 1 saturated heterocycles. The van der Waals surface area contributed by atoms with Crippen molar-refractivity contribution in [2.24, 2.45) is 11.3 Å². The van der Waals surface area contributed by atoms with Crippen LogP contribution in [0.2, 0.25) is 0 Å². The predicted octanol–water partition coefficient (Wildman–Crippen LogP) is 2.65. The fourth-order valence-corrected chi connectivity index (χ4v) is 2.98. The maximum atomic E-state index is 12.3. The van der Waals surface area contributed by atoms with Crippen LogP contribution in [-0.2, 0) is 6.54 Å². The molecule has 2 N–H and O–H groups in total. The van der Waals surface area contributed by atoms with E-state index < -0.39 is 0 Å². The van der Waals surface area contributed by atoms with Crippen molar-refractivity contribution < 1.29 is 4.79 Å². The Morgan fingerprint density at radius 1 is 1.41 bits per heavy atom. The summed E-state index contributed by atoms with van der Waals surface area (Å²) < 4.78 is 0. The van der Waals surface area contributed by atoms with Gasteiger partial charge >= 0.3 is 6.03 Å². The second-order valence-corrected chi connectivity index (χ2v) is 7.37. The molecule has 1 aliphatic heterocycles. The molecule has 2 aliphatic rings. The standard InChI is InChI=1S/C16H27N5O/c1-11(2)16(3)6-8-21(9-7-16)15(22)17-10-13-18-14(20-19-13)12-4-5-12/h11-12H,4-10H2,1-3H3,(H,17,22)(H,18,19,20). The SMILES string of the molecule is CC(C)C1(C)CCN(C(=O)NCc2nc(C3CC3)n[nH]2)CC1. The summed E-state index contributed by atoms with van der Waals surface area (Å²) in [4.78, 5) is 18.6. The van der Waals surface area contributed by atoms with Crippen molar-refractivity contribution in [2.45, 2.75) is 58.9 Å². The second-order valence-electron chi connectivity index (χ2n) is 7.37. The van der Waals surface area contributed by atoms with E-state index in [9.17, 15) is 4.79 Å². The lowest BCUT2D eigenvalue weighted by molar-refractivity contribution is 0.0918. The minimum Gasteiger partial charge on any atom is -0.331 e. The molecule has 0 atom stereocenters. The van der Waals surface area contributed by atoms with E-state index in [1.807, 2.05) is 4.90 Å². The lowest BCUT2D eigenvalue weighted by Crippen LogP contribution is -2.47. The number of carbonyl (C=O) groups excluding carboxylic acids is 1. The zero-order valence-corrected chi connectivity index (χ0v) is 13.9. The highest BCUT2D eigenvalue weighted by Crippen LogP contribution is 2.38. The Bertz CT molecular complexity index is 526. The lowest BCUT2D eigenvalue weighted by atomic mass is 9.72. The first-order valence-electron chi connectivity index (χ1n) is 8.42. The number of carbonyl (C=O) groups is 1. The molecule has 1 aliphatic carbocycles. The number of aromatic nitrogens is 3. The van der Waals surface area contributed by atoms with Gasteiger partial charge in [-0.1, -0.05) is 20.8 Å². The van der Waals surface area contributed by atoms with Gasteiger partial charge in [0, 0.05) is 19.0 Å². The fraction of sp³-hybridized carbons (Fsp3) is 0.812. The Kier molecular flexibility index (Phi) is 4.10. The van der Waals surface area contributed by atoms with Crippen LogP contribution in [0.15, 0.2) is 0 Å². The normalized spacial score (nSPS) is 21.2. The monoisotopic (exact) mass is 305 g/mol. The van der Waals surface area contributed by atoms with Gasteiger partial charge in [0.15, 0.2) is 5.82 Å². The van der Waals surface area contributed by atoms with Crippen molar-refractivity contribution in [3.63, 3.8) is 0 Å². The molecule has 6 heteroatoms. The highest BCUT2D eigenvalue weighted by atomic mass is 16.2. The van der Waals surface area contributed by atoms with Crippen molar-refractivity contribution in [1.82, 2.24) is 25.4 Å². The highest BCUT2D eigenvalue weighted by molar-refractivity contribution is 5.74. The molecule has 0 aromatic carbocycles. The van der Waals surface area contributed by atoms with Crippen LogP contribution in [0.3, 0.4) is 0 Å². The molecule has 1 saturated carbocycles. The number of hydrogen-bond donors (Lipinski definition) is 2. The van der Waals surface area contributed by atoms with Gasteiger partial charge in [0.05, 0.1) is 6.54 Å². The molecule has 1 aromatic rings. The minimum absolute atomic E-state index is 0.00942. The number of urea groups is 1. The molecule has 2 fully saturated rings. The van der Waals surface area contributed by atoms with Crippen molar-refractivity contribution in [3.05, 3.63) is 11.6 Å². The third-order valence-corrected chi connectivity index (χ3v) is 5.49. The van der Waals surface area contributed by atoms with Gasteiger partial charge in [-0.25, -0.2) is 9.78 Å². The molecule has 0 bridgehead atoms. The number of piperidine rings is 1. The average molecular weight is 305 g/mol. The summed E-state index contributed by atoms with van der Waals surface area (Å²) in [5.41, 5.74) is 0.362. The summed E-state index contributed by atoms with van der Waals surface area (Å²) in [5, 5.41) is 10.1. The summed E-state index contributed by atoms with van der Waals surface area (Å²) in [5.74, 6) is 2.85. The summed E-state index contributed by atoms with van der Waals surface area (Å²) in [6.07, 6.45) is 4.52. The van der Waals surface area contributed by atoms with Gasteiger partial charge in [0.25, 0.3) is 0 Å². The molecule has 2 heterocycles. The van der Waals surface area contributed by atoms with Gasteiger partial charge in [-0.3, -0.25) is 5.10 Å². The third-order valence-electron chi connectivity index (χ3n) is 5.49. The van der Waals surface area contributed by atoms with Gasteiger partial charge in [0.2, 0.25) is 0 Å². The largest absolute Gasteiger partial charge is 0.331 e. The first kappa shape index (κ1) is 15.3. The molecular formula is C16H27N5O. The summed E-state index contributed by atoms with van der Waals surface area (Å²) in [6.45, 7) is 8.99. The Morgan fingerprint density at radius 3 is 2.68 bits per heavy atom. The van der Waals surface area contributed by atoms with Crippen molar-refractivity contribution in [1.29, 1.82) is 0 Å². The van der Waals surface area contributed by atoms with E-state index in [1.54, 1.807) is 0 Å². The van der Waals surface area contributed by atoms with E-state index in [2.05, 4.69) is 41.3 Å². The van der Waals surface area contributed by atoms with Gasteiger partial charge in [-0.15, -0.1) is 0 Å². The number of rotatable bonds is 4. The fourth-order valence-electron chi connectivity index (χ4n) is 2.98. The van der Waals surface area contributed by atoms with Gasteiger partial charge < -0.3 is 10.2 Å². The Hall–Kier alpha value is -1.59. The number of aromatic amines is 1. The molecular weight excluding hydrogens is 278 g/mol. The van der Waals surface area contributed by atoms with E-state index >= 15 is 0 Å². The first-order valence-corrected chi connectivity index (χ1v) is 8.42. The van der Waals surface area contributed by atoms with Crippen LogP contribution in [0, 0.1) is 11.3 Å². The first-order chi connectivity index (χ1) is 10.5. The lowest BCUT2D eigenvalue weighted by Gasteiger charge is -2.42. The molecule has 3 rings (SSSR count). The van der Waals surface area contributed by atoms with Crippen LogP contribution in [0.25, 0.3) is 0 Å². The van der Waals surface area contributed by atoms with Crippen LogP contribution in [-0.4, -0.2) is 39.2 Å². The smallest absolute Gasteiger partial charge is 0.317 e. The Labute approximate surface area is 132 Å². The van der Waals surface area contributed by atoms with E-state index in [-0.39, 0.29) is 6.03 Å². The Balaban J connectivity index is 1.46. The van der Waals surface area contributed by atoms with Crippen molar-refractivity contribution in [2.75, 3.05) is 13.1 Å². The number of nitrogens with zero attached hydrogens (tertiary/aromatic N) is 3. The van der Waals surface area contributed by atoms with Gasteiger partial charge in [-0.05, 0) is 37.0 Å². The Morgan fingerprint density at radius 2 is 2.09 bits per heavy atom. The van der Waals surface area contributed by atoms with E-state index in [4.69, 9.17) is 0 Å². The van der Waals surface area contributed by atoms with Crippen LogP contribution >= 0.6 is 0 Å². The zero-order chi connectivity index (χ0) is 15.7. The number of likely N-dealkylation sites (tertiary alicyclic amines) is 1. The number of nitrogens with one attached hydrogen (secondary N) is 2. The summed E-state index contributed by atoms with van der Waals surface area (Å²) >= 11 is 0. The number of H-pyrrole nitrogens is 1. The van der Waals surface area contributed by atoms with Gasteiger partial charge in [-0.2, -0.15) is 5.10 Å². The number of amides is 2. The zero-order valence-electron chi connectivity index (χ0n) is 13.9. The molecule has 6 nitrogen and oxygen atoms in total. The summed E-state index contributed by atoms with van der Waals surface area (Å²) in [7, 11) is 0. The maximum absolute atomic E-state index is 12.3. The van der Waals surface area contributed by atoms with Crippen molar-refractivity contribution in [3.8, 4) is 0 Å². The summed E-state index contributed by atoms with van der Waals surface area (Å²) in [6, 6.07) is 0.00942. The molecule has 22 heavy (non-hydrogen) atoms. The van der Waals surface area contributed by atoms with Gasteiger partial charge in [0.1, 0.15) is 5.82 Å². The molecule has 2 amide bonds. The predicted molar refractivity (Wildman–Crippen MR) is 84.3 cm³/mol. The average Bonchev–Trinajstić information content (AvgIpc) is 3.24. The van der Waals surface area contributed by atoms with Crippen LogP contribution in [0.5, 0.6) is 0 Å². The quantitative estimate of drug-likeness (QED) is 0.898. The van der Waals surface area contributed by atoms with E-state index in [1.165, 1.54) is 12.8 Å². The highest BCUT2D eigenvalue weighted by Gasteiger charge is 2.34. The van der Waals surface area contributed by atoms with Crippen LogP contribution < -0.4 is 5.32 Å². The van der Waals surface area contributed by atoms with E-state index in [0.29, 0.717) is 23.8 Å². The van der Waals surface area contributed by atoms with Crippen LogP contribution in [0.4, 0.5) is 4.79 Å². The minimum atomic E-state index is 0.00942. The third kappa shape index (κ3) is 3.25. The maximum Gasteiger partial charge on any atom is 0.317 e. The molecule has 0 spiro atoms. The number of hydrogen-bond acceptors (Lipinski definition) is 3.